The summed E-state index contributed by atoms with van der Waals surface area (Å²) >= 11 is 0. The van der Waals surface area contributed by atoms with Gasteiger partial charge in [-0.05, 0) is 53.8 Å². The molecule has 0 aliphatic rings. The lowest BCUT2D eigenvalue weighted by Crippen LogP contribution is -2.18. The van der Waals surface area contributed by atoms with Crippen molar-refractivity contribution in [3.05, 3.63) is 71.7 Å². The molecule has 2 nitrogen and oxygen atoms in total. The molecule has 0 radical (unpaired) electrons. The van der Waals surface area contributed by atoms with Crippen molar-refractivity contribution in [3.8, 4) is 0 Å². The number of H-pyrrole nitrogens is 1. The summed E-state index contributed by atoms with van der Waals surface area (Å²) < 4.78 is 12.9. The Kier molecular flexibility index (Phi) is 3.52. The molecule has 2 N–H and O–H groups in total. The third kappa shape index (κ3) is 2.73. The second-order valence-corrected chi connectivity index (χ2v) is 5.05. The Morgan fingerprint density at radius 3 is 2.70 bits per heavy atom. The van der Waals surface area contributed by atoms with Crippen LogP contribution in [0.2, 0.25) is 0 Å². The number of benzene rings is 2. The van der Waals surface area contributed by atoms with Crippen molar-refractivity contribution in [1.82, 2.24) is 10.3 Å². The molecule has 2 aromatic carbocycles. The van der Waals surface area contributed by atoms with E-state index in [2.05, 4.69) is 41.5 Å². The maximum absolute atomic E-state index is 12.9. The SMILES string of the molecule is C[C@@H](NCc1ccc2[nH]ccc2c1)c1ccc(F)cc1. The van der Waals surface area contributed by atoms with Gasteiger partial charge >= 0.3 is 0 Å². The van der Waals surface area contributed by atoms with Gasteiger partial charge < -0.3 is 10.3 Å². The van der Waals surface area contributed by atoms with E-state index in [-0.39, 0.29) is 11.9 Å². The molecule has 0 bridgehead atoms. The van der Waals surface area contributed by atoms with E-state index in [9.17, 15) is 4.39 Å². The predicted octanol–water partition coefficient (Wildman–Crippen LogP) is 4.16. The highest BCUT2D eigenvalue weighted by Gasteiger charge is 2.05. The average Bonchev–Trinajstić information content (AvgIpc) is 2.93. The molecule has 3 rings (SSSR count). The van der Waals surface area contributed by atoms with Crippen LogP contribution in [0.5, 0.6) is 0 Å². The average molecular weight is 268 g/mol. The lowest BCUT2D eigenvalue weighted by Gasteiger charge is -2.14. The first kappa shape index (κ1) is 12.9. The van der Waals surface area contributed by atoms with E-state index in [0.29, 0.717) is 0 Å². The maximum atomic E-state index is 12.9. The number of aromatic nitrogens is 1. The molecule has 102 valence electrons. The van der Waals surface area contributed by atoms with E-state index in [0.717, 1.165) is 17.6 Å². The molecule has 0 saturated heterocycles. The summed E-state index contributed by atoms with van der Waals surface area (Å²) in [4.78, 5) is 3.19. The minimum Gasteiger partial charge on any atom is -0.361 e. The van der Waals surface area contributed by atoms with Crippen LogP contribution >= 0.6 is 0 Å². The Morgan fingerprint density at radius 2 is 1.90 bits per heavy atom. The van der Waals surface area contributed by atoms with Crippen molar-refractivity contribution in [2.24, 2.45) is 0 Å². The van der Waals surface area contributed by atoms with Crippen LogP contribution in [0, 0.1) is 5.82 Å². The lowest BCUT2D eigenvalue weighted by atomic mass is 10.1. The van der Waals surface area contributed by atoms with E-state index >= 15 is 0 Å². The van der Waals surface area contributed by atoms with Gasteiger partial charge in [0.15, 0.2) is 0 Å². The fraction of sp³-hybridized carbons (Fsp3) is 0.176. The molecule has 0 amide bonds. The fourth-order valence-electron chi connectivity index (χ4n) is 2.35. The summed E-state index contributed by atoms with van der Waals surface area (Å²) in [6.07, 6.45) is 1.95. The second kappa shape index (κ2) is 5.47. The van der Waals surface area contributed by atoms with Crippen LogP contribution < -0.4 is 5.32 Å². The van der Waals surface area contributed by atoms with Crippen LogP contribution in [0.3, 0.4) is 0 Å². The number of aromatic amines is 1. The molecule has 0 saturated carbocycles. The summed E-state index contributed by atoms with van der Waals surface area (Å²) in [5.41, 5.74) is 3.49. The molecule has 0 aliphatic carbocycles. The zero-order chi connectivity index (χ0) is 13.9. The van der Waals surface area contributed by atoms with Gasteiger partial charge in [-0.25, -0.2) is 4.39 Å². The van der Waals surface area contributed by atoms with Crippen LogP contribution in [0.1, 0.15) is 24.1 Å². The van der Waals surface area contributed by atoms with Crippen molar-refractivity contribution >= 4 is 10.9 Å². The number of hydrogen-bond acceptors (Lipinski definition) is 1. The maximum Gasteiger partial charge on any atom is 0.123 e. The molecular formula is C17H17FN2. The van der Waals surface area contributed by atoms with E-state index in [1.54, 1.807) is 0 Å². The van der Waals surface area contributed by atoms with Gasteiger partial charge in [0.1, 0.15) is 5.82 Å². The fourth-order valence-corrected chi connectivity index (χ4v) is 2.35. The van der Waals surface area contributed by atoms with Crippen LogP contribution in [-0.4, -0.2) is 4.98 Å². The van der Waals surface area contributed by atoms with Gasteiger partial charge in [0.2, 0.25) is 0 Å². The number of hydrogen-bond donors (Lipinski definition) is 2. The van der Waals surface area contributed by atoms with Gasteiger partial charge in [-0.15, -0.1) is 0 Å². The minimum absolute atomic E-state index is 0.192. The first-order valence-electron chi connectivity index (χ1n) is 6.77. The highest BCUT2D eigenvalue weighted by Crippen LogP contribution is 2.16. The number of nitrogens with one attached hydrogen (secondary N) is 2. The zero-order valence-corrected chi connectivity index (χ0v) is 11.4. The third-order valence-electron chi connectivity index (χ3n) is 3.60. The summed E-state index contributed by atoms with van der Waals surface area (Å²) in [5, 5.41) is 4.68. The van der Waals surface area contributed by atoms with E-state index in [1.807, 2.05) is 18.3 Å². The normalized spacial score (nSPS) is 12.7. The van der Waals surface area contributed by atoms with Crippen LogP contribution in [0.25, 0.3) is 10.9 Å². The van der Waals surface area contributed by atoms with Gasteiger partial charge in [-0.3, -0.25) is 0 Å². The van der Waals surface area contributed by atoms with Crippen molar-refractivity contribution in [2.45, 2.75) is 19.5 Å². The summed E-state index contributed by atoms with van der Waals surface area (Å²) in [7, 11) is 0. The molecule has 3 aromatic rings. The molecule has 0 spiro atoms. The van der Waals surface area contributed by atoms with Gasteiger partial charge in [0.05, 0.1) is 0 Å². The Balaban J connectivity index is 1.67. The van der Waals surface area contributed by atoms with Crippen LogP contribution in [0.4, 0.5) is 4.39 Å². The molecule has 20 heavy (non-hydrogen) atoms. The van der Waals surface area contributed by atoms with Gasteiger partial charge in [0, 0.05) is 24.3 Å². The van der Waals surface area contributed by atoms with E-state index < -0.39 is 0 Å². The standard InChI is InChI=1S/C17H17FN2/c1-12(14-3-5-16(18)6-4-14)20-11-13-2-7-17-15(10-13)8-9-19-17/h2-10,12,19-20H,11H2,1H3/t12-/m1/s1. The predicted molar refractivity (Wildman–Crippen MR) is 80.0 cm³/mol. The monoisotopic (exact) mass is 268 g/mol. The Hall–Kier alpha value is -2.13. The number of fused-ring (bicyclic) bond motifs is 1. The Labute approximate surface area is 117 Å². The zero-order valence-electron chi connectivity index (χ0n) is 11.4. The smallest absolute Gasteiger partial charge is 0.123 e. The summed E-state index contributed by atoms with van der Waals surface area (Å²) in [6.45, 7) is 2.88. The van der Waals surface area contributed by atoms with Crippen molar-refractivity contribution < 1.29 is 4.39 Å². The Bertz CT molecular complexity index is 700. The topological polar surface area (TPSA) is 27.8 Å². The highest BCUT2D eigenvalue weighted by molar-refractivity contribution is 5.79. The second-order valence-electron chi connectivity index (χ2n) is 5.05. The van der Waals surface area contributed by atoms with Gasteiger partial charge in [-0.2, -0.15) is 0 Å². The van der Waals surface area contributed by atoms with Gasteiger partial charge in [0.25, 0.3) is 0 Å². The first-order chi connectivity index (χ1) is 9.72. The molecule has 1 aromatic heterocycles. The molecule has 0 fully saturated rings. The molecule has 1 heterocycles. The quantitative estimate of drug-likeness (QED) is 0.730. The third-order valence-corrected chi connectivity index (χ3v) is 3.60. The lowest BCUT2D eigenvalue weighted by molar-refractivity contribution is 0.571. The van der Waals surface area contributed by atoms with Crippen LogP contribution in [0.15, 0.2) is 54.7 Å². The molecule has 0 unspecified atom stereocenters. The summed E-state index contributed by atoms with van der Waals surface area (Å²) in [6, 6.07) is 15.3. The van der Waals surface area contributed by atoms with Crippen LogP contribution in [-0.2, 0) is 6.54 Å². The molecule has 1 atom stereocenters. The molecular weight excluding hydrogens is 251 g/mol. The number of halogens is 1. The van der Waals surface area contributed by atoms with Crippen molar-refractivity contribution in [2.75, 3.05) is 0 Å². The Morgan fingerprint density at radius 1 is 1.10 bits per heavy atom. The van der Waals surface area contributed by atoms with E-state index in [1.165, 1.54) is 23.1 Å². The minimum atomic E-state index is -0.196. The first-order valence-corrected chi connectivity index (χ1v) is 6.77. The van der Waals surface area contributed by atoms with Gasteiger partial charge in [-0.1, -0.05) is 18.2 Å². The largest absolute Gasteiger partial charge is 0.361 e. The summed E-state index contributed by atoms with van der Waals surface area (Å²) in [5.74, 6) is -0.196. The van der Waals surface area contributed by atoms with E-state index in [4.69, 9.17) is 0 Å². The van der Waals surface area contributed by atoms with Crippen molar-refractivity contribution in [1.29, 1.82) is 0 Å². The van der Waals surface area contributed by atoms with Crippen molar-refractivity contribution in [3.63, 3.8) is 0 Å². The highest BCUT2D eigenvalue weighted by atomic mass is 19.1. The molecule has 3 heteroatoms. The molecule has 0 aliphatic heterocycles. The number of rotatable bonds is 4.